The Hall–Kier alpha value is -2.83. The van der Waals surface area contributed by atoms with Crippen molar-refractivity contribution in [3.8, 4) is 11.4 Å². The van der Waals surface area contributed by atoms with Gasteiger partial charge >= 0.3 is 5.97 Å². The summed E-state index contributed by atoms with van der Waals surface area (Å²) in [6, 6.07) is 8.33. The van der Waals surface area contributed by atoms with E-state index in [1.807, 2.05) is 37.3 Å². The van der Waals surface area contributed by atoms with E-state index in [0.29, 0.717) is 12.4 Å². The lowest BCUT2D eigenvalue weighted by atomic mass is 10.0. The van der Waals surface area contributed by atoms with E-state index in [-0.39, 0.29) is 11.6 Å². The number of rotatable bonds is 8. The first-order valence-corrected chi connectivity index (χ1v) is 8.25. The molecule has 0 fully saturated rings. The summed E-state index contributed by atoms with van der Waals surface area (Å²) in [5.74, 6) is -1.57. The van der Waals surface area contributed by atoms with Gasteiger partial charge in [-0.15, -0.1) is 0 Å². The van der Waals surface area contributed by atoms with Crippen molar-refractivity contribution >= 4 is 11.9 Å². The molecule has 25 heavy (non-hydrogen) atoms. The maximum absolute atomic E-state index is 12.6. The van der Waals surface area contributed by atoms with Gasteiger partial charge in [-0.05, 0) is 24.5 Å². The van der Waals surface area contributed by atoms with Gasteiger partial charge in [0.05, 0.1) is 18.5 Å². The summed E-state index contributed by atoms with van der Waals surface area (Å²) in [6.07, 6.45) is 2.41. The summed E-state index contributed by atoms with van der Waals surface area (Å²) in [6.45, 7) is 5.86. The zero-order valence-corrected chi connectivity index (χ0v) is 14.6. The van der Waals surface area contributed by atoms with Gasteiger partial charge in [-0.25, -0.2) is 9.48 Å². The van der Waals surface area contributed by atoms with Crippen molar-refractivity contribution < 1.29 is 19.4 Å². The monoisotopic (exact) mass is 345 g/mol. The largest absolute Gasteiger partial charge is 0.489 e. The molecule has 1 aromatic heterocycles. The molecule has 2 aromatic rings. The van der Waals surface area contributed by atoms with Crippen LogP contribution in [0.3, 0.4) is 0 Å². The SMILES string of the molecule is CCCOc1cn(-c2ccccc2)nc1C(=O)N[C@@H](C(=O)O)C(C)C. The lowest BCUT2D eigenvalue weighted by Gasteiger charge is -2.17. The fraction of sp³-hybridized carbons (Fsp3) is 0.389. The van der Waals surface area contributed by atoms with Gasteiger partial charge in [0.2, 0.25) is 0 Å². The molecule has 0 unspecified atom stereocenters. The lowest BCUT2D eigenvalue weighted by Crippen LogP contribution is -2.44. The molecule has 0 saturated carbocycles. The van der Waals surface area contributed by atoms with Crippen molar-refractivity contribution in [2.24, 2.45) is 5.92 Å². The number of hydrogen-bond donors (Lipinski definition) is 2. The Bertz CT molecular complexity index is 725. The topological polar surface area (TPSA) is 93.5 Å². The number of nitrogens with zero attached hydrogens (tertiary/aromatic N) is 2. The molecule has 0 aliphatic carbocycles. The number of aromatic nitrogens is 2. The normalized spacial score (nSPS) is 12.0. The van der Waals surface area contributed by atoms with Gasteiger partial charge < -0.3 is 15.2 Å². The summed E-state index contributed by atoms with van der Waals surface area (Å²) in [7, 11) is 0. The van der Waals surface area contributed by atoms with E-state index in [4.69, 9.17) is 4.74 Å². The smallest absolute Gasteiger partial charge is 0.326 e. The van der Waals surface area contributed by atoms with E-state index < -0.39 is 17.9 Å². The molecule has 0 saturated heterocycles. The summed E-state index contributed by atoms with van der Waals surface area (Å²) in [5, 5.41) is 16.1. The van der Waals surface area contributed by atoms with E-state index in [0.717, 1.165) is 12.1 Å². The third kappa shape index (κ3) is 4.59. The van der Waals surface area contributed by atoms with Crippen LogP contribution in [0.1, 0.15) is 37.7 Å². The highest BCUT2D eigenvalue weighted by Gasteiger charge is 2.27. The second-order valence-electron chi connectivity index (χ2n) is 6.00. The molecule has 1 heterocycles. The Kier molecular flexibility index (Phi) is 6.16. The molecule has 0 spiro atoms. The predicted octanol–water partition coefficient (Wildman–Crippen LogP) is 2.50. The number of hydrogen-bond acceptors (Lipinski definition) is 4. The second-order valence-corrected chi connectivity index (χ2v) is 6.00. The molecule has 0 aliphatic rings. The Labute approximate surface area is 146 Å². The number of carbonyl (C=O) groups is 2. The van der Waals surface area contributed by atoms with Crippen molar-refractivity contribution in [3.63, 3.8) is 0 Å². The molecule has 0 aliphatic heterocycles. The highest BCUT2D eigenvalue weighted by atomic mass is 16.5. The molecule has 1 atom stereocenters. The highest BCUT2D eigenvalue weighted by molar-refractivity contribution is 5.97. The van der Waals surface area contributed by atoms with E-state index in [1.54, 1.807) is 24.7 Å². The zero-order valence-electron chi connectivity index (χ0n) is 14.6. The van der Waals surface area contributed by atoms with Crippen molar-refractivity contribution in [2.45, 2.75) is 33.2 Å². The molecule has 0 bridgehead atoms. The number of para-hydroxylation sites is 1. The van der Waals surface area contributed by atoms with Crippen molar-refractivity contribution in [3.05, 3.63) is 42.2 Å². The summed E-state index contributed by atoms with van der Waals surface area (Å²) >= 11 is 0. The molecule has 2 rings (SSSR count). The Morgan fingerprint density at radius 1 is 1.28 bits per heavy atom. The van der Waals surface area contributed by atoms with Gasteiger partial charge in [-0.2, -0.15) is 5.10 Å². The standard InChI is InChI=1S/C18H23N3O4/c1-4-10-25-14-11-21(13-8-6-5-7-9-13)20-16(14)17(22)19-15(12(2)3)18(23)24/h5-9,11-12,15H,4,10H2,1-3H3,(H,19,22)(H,23,24)/t15-/m1/s1. The van der Waals surface area contributed by atoms with E-state index in [1.165, 1.54) is 0 Å². The average molecular weight is 345 g/mol. The molecule has 7 nitrogen and oxygen atoms in total. The minimum Gasteiger partial charge on any atom is -0.489 e. The van der Waals surface area contributed by atoms with E-state index in [9.17, 15) is 14.7 Å². The fourth-order valence-corrected chi connectivity index (χ4v) is 2.27. The molecular formula is C18H23N3O4. The number of nitrogens with one attached hydrogen (secondary N) is 1. The molecule has 134 valence electrons. The predicted molar refractivity (Wildman–Crippen MR) is 93.1 cm³/mol. The minimum atomic E-state index is -1.08. The van der Waals surface area contributed by atoms with Crippen LogP contribution in [0.5, 0.6) is 5.75 Å². The van der Waals surface area contributed by atoms with Crippen LogP contribution in [-0.2, 0) is 4.79 Å². The number of carbonyl (C=O) groups excluding carboxylic acids is 1. The number of ether oxygens (including phenoxy) is 1. The van der Waals surface area contributed by atoms with Crippen molar-refractivity contribution in [1.82, 2.24) is 15.1 Å². The van der Waals surface area contributed by atoms with Gasteiger partial charge in [0.15, 0.2) is 11.4 Å². The zero-order chi connectivity index (χ0) is 18.4. The summed E-state index contributed by atoms with van der Waals surface area (Å²) in [4.78, 5) is 23.9. The third-order valence-electron chi connectivity index (χ3n) is 3.60. The van der Waals surface area contributed by atoms with Gasteiger partial charge in [0.25, 0.3) is 5.91 Å². The van der Waals surface area contributed by atoms with Crippen LogP contribution in [0.15, 0.2) is 36.5 Å². The van der Waals surface area contributed by atoms with E-state index in [2.05, 4.69) is 10.4 Å². The number of amides is 1. The van der Waals surface area contributed by atoms with Gasteiger partial charge in [-0.3, -0.25) is 4.79 Å². The summed E-state index contributed by atoms with van der Waals surface area (Å²) in [5.41, 5.74) is 0.853. The number of aliphatic carboxylic acids is 1. The number of carboxylic acids is 1. The maximum atomic E-state index is 12.6. The van der Waals surface area contributed by atoms with Crippen LogP contribution in [-0.4, -0.2) is 39.4 Å². The first-order valence-electron chi connectivity index (χ1n) is 8.25. The average Bonchev–Trinajstić information content (AvgIpc) is 3.02. The molecule has 7 heteroatoms. The van der Waals surface area contributed by atoms with Crippen LogP contribution in [0.2, 0.25) is 0 Å². The molecule has 1 amide bonds. The fourth-order valence-electron chi connectivity index (χ4n) is 2.27. The minimum absolute atomic E-state index is 0.0733. The Morgan fingerprint density at radius 2 is 1.96 bits per heavy atom. The van der Waals surface area contributed by atoms with Crippen LogP contribution >= 0.6 is 0 Å². The van der Waals surface area contributed by atoms with Gasteiger partial charge in [0, 0.05) is 0 Å². The van der Waals surface area contributed by atoms with Crippen LogP contribution in [0, 0.1) is 5.92 Å². The van der Waals surface area contributed by atoms with Crippen LogP contribution in [0.4, 0.5) is 0 Å². The third-order valence-corrected chi connectivity index (χ3v) is 3.60. The van der Waals surface area contributed by atoms with E-state index >= 15 is 0 Å². The molecule has 1 aromatic carbocycles. The lowest BCUT2D eigenvalue weighted by molar-refractivity contribution is -0.140. The Morgan fingerprint density at radius 3 is 2.52 bits per heavy atom. The van der Waals surface area contributed by atoms with Crippen LogP contribution in [0.25, 0.3) is 5.69 Å². The van der Waals surface area contributed by atoms with Gasteiger partial charge in [0.1, 0.15) is 6.04 Å². The maximum Gasteiger partial charge on any atom is 0.326 e. The molecule has 2 N–H and O–H groups in total. The van der Waals surface area contributed by atoms with Crippen LogP contribution < -0.4 is 10.1 Å². The number of carboxylic acid groups (broad SMARTS) is 1. The second kappa shape index (κ2) is 8.32. The highest BCUT2D eigenvalue weighted by Crippen LogP contribution is 2.20. The molecule has 0 radical (unpaired) electrons. The quantitative estimate of drug-likeness (QED) is 0.767. The Balaban J connectivity index is 2.32. The molecular weight excluding hydrogens is 322 g/mol. The van der Waals surface area contributed by atoms with Crippen molar-refractivity contribution in [2.75, 3.05) is 6.61 Å². The first-order chi connectivity index (χ1) is 11.9. The van der Waals surface area contributed by atoms with Crippen molar-refractivity contribution in [1.29, 1.82) is 0 Å². The van der Waals surface area contributed by atoms with Gasteiger partial charge in [-0.1, -0.05) is 39.0 Å². The first kappa shape index (κ1) is 18.5. The number of benzene rings is 1. The summed E-state index contributed by atoms with van der Waals surface area (Å²) < 4.78 is 7.17.